The molecule has 138 valence electrons. The van der Waals surface area contributed by atoms with E-state index in [1.165, 1.54) is 11.8 Å². The molecule has 2 N–H and O–H groups in total. The molecule has 28 heavy (non-hydrogen) atoms. The maximum absolute atomic E-state index is 12.8. The highest BCUT2D eigenvalue weighted by molar-refractivity contribution is 7.99. The maximum atomic E-state index is 12.8. The third-order valence-electron chi connectivity index (χ3n) is 3.77. The number of hydrogen-bond acceptors (Lipinski definition) is 6. The fraction of sp³-hybridized carbons (Fsp3) is 0. The Kier molecular flexibility index (Phi) is 5.31. The summed E-state index contributed by atoms with van der Waals surface area (Å²) in [6.07, 6.45) is 1.66. The molecule has 0 radical (unpaired) electrons. The minimum Gasteiger partial charge on any atom is -0.322 e. The summed E-state index contributed by atoms with van der Waals surface area (Å²) in [5, 5.41) is 18.0. The zero-order chi connectivity index (χ0) is 19.3. The monoisotopic (exact) mass is 408 g/mol. The summed E-state index contributed by atoms with van der Waals surface area (Å²) >= 11 is 7.33. The molecule has 4 rings (SSSR count). The van der Waals surface area contributed by atoms with Crippen LogP contribution in [-0.4, -0.2) is 31.5 Å². The van der Waals surface area contributed by atoms with Crippen LogP contribution in [0.15, 0.2) is 76.8 Å². The van der Waals surface area contributed by atoms with Crippen molar-refractivity contribution in [2.45, 2.75) is 9.92 Å². The second-order valence-corrected chi connectivity index (χ2v) is 7.18. The van der Waals surface area contributed by atoms with Crippen LogP contribution >= 0.6 is 23.4 Å². The number of aromatic amines is 1. The van der Waals surface area contributed by atoms with Gasteiger partial charge >= 0.3 is 0 Å². The van der Waals surface area contributed by atoms with Gasteiger partial charge in [-0.1, -0.05) is 35.5 Å². The molecule has 0 fully saturated rings. The number of anilines is 1. The molecule has 0 saturated heterocycles. The van der Waals surface area contributed by atoms with E-state index in [1.807, 2.05) is 24.3 Å². The van der Waals surface area contributed by atoms with Gasteiger partial charge < -0.3 is 5.32 Å². The van der Waals surface area contributed by atoms with Crippen molar-refractivity contribution in [3.63, 3.8) is 0 Å². The summed E-state index contributed by atoms with van der Waals surface area (Å²) < 4.78 is 0. The Hall–Kier alpha value is -3.23. The van der Waals surface area contributed by atoms with E-state index in [1.54, 1.807) is 42.6 Å². The number of nitrogens with zero attached hydrogens (tertiary/aromatic N) is 4. The van der Waals surface area contributed by atoms with E-state index in [0.29, 0.717) is 27.1 Å². The fourth-order valence-electron chi connectivity index (χ4n) is 2.48. The van der Waals surface area contributed by atoms with Gasteiger partial charge in [0.05, 0.1) is 5.56 Å². The van der Waals surface area contributed by atoms with Crippen molar-refractivity contribution in [3.8, 4) is 11.4 Å². The SMILES string of the molecule is O=C(Nc1cccc(-c2nn[nH]n2)c1)c1cccnc1Sc1ccc(Cl)cc1. The number of hydrogen-bond donors (Lipinski definition) is 2. The van der Waals surface area contributed by atoms with Gasteiger partial charge in [-0.3, -0.25) is 4.79 Å². The number of H-pyrrole nitrogens is 1. The quantitative estimate of drug-likeness (QED) is 0.510. The van der Waals surface area contributed by atoms with Crippen molar-refractivity contribution in [1.82, 2.24) is 25.6 Å². The van der Waals surface area contributed by atoms with Gasteiger partial charge in [-0.25, -0.2) is 4.98 Å². The van der Waals surface area contributed by atoms with Crippen LogP contribution in [-0.2, 0) is 0 Å². The van der Waals surface area contributed by atoms with Crippen molar-refractivity contribution in [1.29, 1.82) is 0 Å². The lowest BCUT2D eigenvalue weighted by atomic mass is 10.2. The van der Waals surface area contributed by atoms with Crippen molar-refractivity contribution < 1.29 is 4.79 Å². The van der Waals surface area contributed by atoms with E-state index in [9.17, 15) is 4.79 Å². The summed E-state index contributed by atoms with van der Waals surface area (Å²) in [4.78, 5) is 18.1. The molecule has 7 nitrogen and oxygen atoms in total. The van der Waals surface area contributed by atoms with Crippen LogP contribution in [0.5, 0.6) is 0 Å². The Balaban J connectivity index is 1.56. The number of benzene rings is 2. The molecular weight excluding hydrogens is 396 g/mol. The fourth-order valence-corrected chi connectivity index (χ4v) is 3.48. The lowest BCUT2D eigenvalue weighted by Crippen LogP contribution is -2.13. The molecule has 0 bridgehead atoms. The number of carbonyl (C=O) groups is 1. The minimum atomic E-state index is -0.255. The predicted octanol–water partition coefficient (Wildman–Crippen LogP) is 4.32. The highest BCUT2D eigenvalue weighted by Crippen LogP contribution is 2.30. The van der Waals surface area contributed by atoms with Crippen molar-refractivity contribution in [2.75, 3.05) is 5.32 Å². The number of halogens is 1. The average molecular weight is 409 g/mol. The summed E-state index contributed by atoms with van der Waals surface area (Å²) in [6.45, 7) is 0. The molecule has 9 heteroatoms. The van der Waals surface area contributed by atoms with Crippen LogP contribution in [0.2, 0.25) is 5.02 Å². The Morgan fingerprint density at radius 2 is 1.93 bits per heavy atom. The van der Waals surface area contributed by atoms with E-state index in [0.717, 1.165) is 10.5 Å². The van der Waals surface area contributed by atoms with Crippen LogP contribution in [0.4, 0.5) is 5.69 Å². The maximum Gasteiger partial charge on any atom is 0.258 e. The predicted molar refractivity (Wildman–Crippen MR) is 107 cm³/mol. The van der Waals surface area contributed by atoms with Crippen LogP contribution in [0.25, 0.3) is 11.4 Å². The smallest absolute Gasteiger partial charge is 0.258 e. The third-order valence-corrected chi connectivity index (χ3v) is 5.05. The molecule has 0 aliphatic rings. The standard InChI is InChI=1S/C19H13ClN6OS/c20-13-6-8-15(9-7-13)28-19-16(5-2-10-21-19)18(27)22-14-4-1-3-12(11-14)17-23-25-26-24-17/h1-11H,(H,22,27)(H,23,24,25,26). The zero-order valence-corrected chi connectivity index (χ0v) is 15.9. The molecule has 4 aromatic rings. The summed E-state index contributed by atoms with van der Waals surface area (Å²) in [5.41, 5.74) is 1.85. The molecule has 0 aliphatic carbocycles. The normalized spacial score (nSPS) is 10.6. The number of tetrazole rings is 1. The summed E-state index contributed by atoms with van der Waals surface area (Å²) in [6, 6.07) is 18.1. The van der Waals surface area contributed by atoms with Gasteiger partial charge in [-0.2, -0.15) is 5.21 Å². The lowest BCUT2D eigenvalue weighted by molar-refractivity contribution is 0.102. The molecule has 2 aromatic heterocycles. The second-order valence-electron chi connectivity index (χ2n) is 5.68. The van der Waals surface area contributed by atoms with Crippen molar-refractivity contribution >= 4 is 35.0 Å². The van der Waals surface area contributed by atoms with E-state index in [2.05, 4.69) is 30.9 Å². The molecule has 0 aliphatic heterocycles. The van der Waals surface area contributed by atoms with Gasteiger partial charge in [-0.05, 0) is 53.7 Å². The Morgan fingerprint density at radius 1 is 1.07 bits per heavy atom. The molecule has 2 heterocycles. The van der Waals surface area contributed by atoms with Gasteiger partial charge in [-0.15, -0.1) is 10.2 Å². The number of amides is 1. The Labute approximate surface area is 169 Å². The highest BCUT2D eigenvalue weighted by Gasteiger charge is 2.14. The van der Waals surface area contributed by atoms with Crippen LogP contribution in [0, 0.1) is 0 Å². The van der Waals surface area contributed by atoms with Crippen LogP contribution in [0.1, 0.15) is 10.4 Å². The van der Waals surface area contributed by atoms with Gasteiger partial charge in [0.15, 0.2) is 0 Å². The lowest BCUT2D eigenvalue weighted by Gasteiger charge is -2.10. The van der Waals surface area contributed by atoms with Crippen molar-refractivity contribution in [2.24, 2.45) is 0 Å². The molecule has 0 atom stereocenters. The van der Waals surface area contributed by atoms with Gasteiger partial charge in [0, 0.05) is 27.4 Å². The first kappa shape index (κ1) is 18.1. The first-order valence-electron chi connectivity index (χ1n) is 8.23. The van der Waals surface area contributed by atoms with Gasteiger partial charge in [0.2, 0.25) is 5.82 Å². The highest BCUT2D eigenvalue weighted by atomic mass is 35.5. The van der Waals surface area contributed by atoms with E-state index in [4.69, 9.17) is 11.6 Å². The van der Waals surface area contributed by atoms with E-state index < -0.39 is 0 Å². The van der Waals surface area contributed by atoms with E-state index in [-0.39, 0.29) is 5.91 Å². The van der Waals surface area contributed by atoms with Gasteiger partial charge in [0.25, 0.3) is 5.91 Å². The topological polar surface area (TPSA) is 96.5 Å². The average Bonchev–Trinajstić information content (AvgIpc) is 3.25. The zero-order valence-electron chi connectivity index (χ0n) is 14.3. The molecule has 0 saturated carbocycles. The van der Waals surface area contributed by atoms with Crippen LogP contribution in [0.3, 0.4) is 0 Å². The Bertz CT molecular complexity index is 1100. The second kappa shape index (κ2) is 8.20. The molecule has 0 unspecified atom stereocenters. The first-order chi connectivity index (χ1) is 13.7. The van der Waals surface area contributed by atoms with E-state index >= 15 is 0 Å². The Morgan fingerprint density at radius 3 is 2.71 bits per heavy atom. The molecule has 0 spiro atoms. The van der Waals surface area contributed by atoms with Crippen LogP contribution < -0.4 is 5.32 Å². The first-order valence-corrected chi connectivity index (χ1v) is 9.42. The molecule has 1 amide bonds. The number of rotatable bonds is 5. The number of nitrogens with one attached hydrogen (secondary N) is 2. The minimum absolute atomic E-state index is 0.255. The van der Waals surface area contributed by atoms with Crippen molar-refractivity contribution in [3.05, 3.63) is 77.4 Å². The van der Waals surface area contributed by atoms with Gasteiger partial charge in [0.1, 0.15) is 5.03 Å². The third kappa shape index (κ3) is 4.19. The summed E-state index contributed by atoms with van der Waals surface area (Å²) in [5.74, 6) is 0.200. The molecule has 2 aromatic carbocycles. The largest absolute Gasteiger partial charge is 0.322 e. The summed E-state index contributed by atoms with van der Waals surface area (Å²) in [7, 11) is 0. The number of carbonyl (C=O) groups excluding carboxylic acids is 1. The number of aromatic nitrogens is 5. The molecular formula is C19H13ClN6OS. The number of pyridine rings is 1.